The second kappa shape index (κ2) is 8.13. The smallest absolute Gasteiger partial charge is 0.118 e. The van der Waals surface area contributed by atoms with E-state index in [4.69, 9.17) is 4.74 Å². The molecule has 0 N–H and O–H groups in total. The minimum absolute atomic E-state index is 0.937. The summed E-state index contributed by atoms with van der Waals surface area (Å²) in [5, 5.41) is 0. The van der Waals surface area contributed by atoms with Gasteiger partial charge in [-0.2, -0.15) is 0 Å². The van der Waals surface area contributed by atoms with Gasteiger partial charge in [0.15, 0.2) is 0 Å². The Balaban J connectivity index is 2.36. The van der Waals surface area contributed by atoms with Crippen LogP contribution in [0, 0.1) is 0 Å². The number of benzene rings is 1. The van der Waals surface area contributed by atoms with Crippen LogP contribution in [0.3, 0.4) is 0 Å². The van der Waals surface area contributed by atoms with Gasteiger partial charge in [-0.05, 0) is 43.6 Å². The number of hydrogen-bond donors (Lipinski definition) is 0. The van der Waals surface area contributed by atoms with Gasteiger partial charge >= 0.3 is 0 Å². The predicted molar refractivity (Wildman–Crippen MR) is 73.7 cm³/mol. The molecule has 17 heavy (non-hydrogen) atoms. The molecule has 1 aromatic carbocycles. The van der Waals surface area contributed by atoms with Crippen molar-refractivity contribution in [2.24, 2.45) is 0 Å². The van der Waals surface area contributed by atoms with Crippen molar-refractivity contribution in [3.05, 3.63) is 29.8 Å². The van der Waals surface area contributed by atoms with Crippen molar-refractivity contribution in [3.8, 4) is 5.75 Å². The number of unbranched alkanes of at least 4 members (excludes halogenated alkanes) is 1. The maximum atomic E-state index is 5.16. The minimum atomic E-state index is 0.937. The summed E-state index contributed by atoms with van der Waals surface area (Å²) in [7, 11) is 1.71. The zero-order valence-corrected chi connectivity index (χ0v) is 11.4. The lowest BCUT2D eigenvalue weighted by molar-refractivity contribution is 0.287. The van der Waals surface area contributed by atoms with Gasteiger partial charge in [-0.3, -0.25) is 0 Å². The molecule has 0 saturated carbocycles. The SMILES string of the molecule is CCCCN(CC)CCc1ccc(OC)cc1. The maximum Gasteiger partial charge on any atom is 0.118 e. The highest BCUT2D eigenvalue weighted by atomic mass is 16.5. The summed E-state index contributed by atoms with van der Waals surface area (Å²) >= 11 is 0. The average molecular weight is 235 g/mol. The average Bonchev–Trinajstić information content (AvgIpc) is 2.39. The van der Waals surface area contributed by atoms with Crippen molar-refractivity contribution in [1.82, 2.24) is 4.90 Å². The fourth-order valence-electron chi connectivity index (χ4n) is 1.89. The van der Waals surface area contributed by atoms with Crippen molar-refractivity contribution in [3.63, 3.8) is 0 Å². The van der Waals surface area contributed by atoms with Crippen LogP contribution in [0.15, 0.2) is 24.3 Å². The molecule has 96 valence electrons. The molecule has 0 aromatic heterocycles. The van der Waals surface area contributed by atoms with Crippen LogP contribution in [0.4, 0.5) is 0 Å². The lowest BCUT2D eigenvalue weighted by Gasteiger charge is -2.19. The number of hydrogen-bond acceptors (Lipinski definition) is 2. The molecule has 0 aliphatic heterocycles. The molecule has 0 aliphatic rings. The van der Waals surface area contributed by atoms with Crippen LogP contribution in [-0.4, -0.2) is 31.6 Å². The predicted octanol–water partition coefficient (Wildman–Crippen LogP) is 3.36. The second-order valence-electron chi connectivity index (χ2n) is 4.39. The Bertz CT molecular complexity index is 294. The fraction of sp³-hybridized carbons (Fsp3) is 0.600. The first-order valence-corrected chi connectivity index (χ1v) is 6.65. The third-order valence-corrected chi connectivity index (χ3v) is 3.15. The van der Waals surface area contributed by atoms with Gasteiger partial charge in [0.25, 0.3) is 0 Å². The highest BCUT2D eigenvalue weighted by molar-refractivity contribution is 5.27. The Labute approximate surface area is 106 Å². The van der Waals surface area contributed by atoms with E-state index in [0.717, 1.165) is 25.3 Å². The molecule has 0 radical (unpaired) electrons. The summed E-state index contributed by atoms with van der Waals surface area (Å²) < 4.78 is 5.16. The highest BCUT2D eigenvalue weighted by Crippen LogP contribution is 2.12. The molecule has 0 aliphatic carbocycles. The van der Waals surface area contributed by atoms with E-state index in [-0.39, 0.29) is 0 Å². The quantitative estimate of drug-likeness (QED) is 0.685. The maximum absolute atomic E-state index is 5.16. The lowest BCUT2D eigenvalue weighted by Crippen LogP contribution is -2.26. The highest BCUT2D eigenvalue weighted by Gasteiger charge is 2.02. The molecule has 0 saturated heterocycles. The molecule has 1 rings (SSSR count). The first kappa shape index (κ1) is 14.0. The molecule has 0 heterocycles. The molecule has 1 aromatic rings. The van der Waals surface area contributed by atoms with E-state index in [1.165, 1.54) is 24.9 Å². The Morgan fingerprint density at radius 2 is 1.76 bits per heavy atom. The molecular formula is C15H25NO. The fourth-order valence-corrected chi connectivity index (χ4v) is 1.89. The van der Waals surface area contributed by atoms with Crippen molar-refractivity contribution in [1.29, 1.82) is 0 Å². The molecule has 0 bridgehead atoms. The van der Waals surface area contributed by atoms with Crippen LogP contribution in [0.25, 0.3) is 0 Å². The van der Waals surface area contributed by atoms with Gasteiger partial charge in [-0.25, -0.2) is 0 Å². The Kier molecular flexibility index (Phi) is 6.71. The first-order chi connectivity index (χ1) is 8.30. The van der Waals surface area contributed by atoms with Gasteiger partial charge < -0.3 is 9.64 Å². The Hall–Kier alpha value is -1.02. The van der Waals surface area contributed by atoms with Gasteiger partial charge in [0.05, 0.1) is 7.11 Å². The van der Waals surface area contributed by atoms with Crippen LogP contribution in [0.5, 0.6) is 5.75 Å². The van der Waals surface area contributed by atoms with Crippen LogP contribution >= 0.6 is 0 Å². The standard InChI is InChI=1S/C15H25NO/c1-4-6-12-16(5-2)13-11-14-7-9-15(17-3)10-8-14/h7-10H,4-6,11-13H2,1-3H3. The largest absolute Gasteiger partial charge is 0.497 e. The summed E-state index contributed by atoms with van der Waals surface area (Å²) in [6, 6.07) is 8.40. The molecule has 0 spiro atoms. The summed E-state index contributed by atoms with van der Waals surface area (Å²) in [5.74, 6) is 0.937. The van der Waals surface area contributed by atoms with E-state index < -0.39 is 0 Å². The van der Waals surface area contributed by atoms with E-state index in [9.17, 15) is 0 Å². The molecule has 2 heteroatoms. The van der Waals surface area contributed by atoms with Crippen molar-refractivity contribution >= 4 is 0 Å². The number of rotatable bonds is 8. The van der Waals surface area contributed by atoms with Gasteiger partial charge in [0.1, 0.15) is 5.75 Å². The van der Waals surface area contributed by atoms with Gasteiger partial charge in [-0.15, -0.1) is 0 Å². The summed E-state index contributed by atoms with van der Waals surface area (Å²) in [6.07, 6.45) is 3.71. The third kappa shape index (κ3) is 5.22. The third-order valence-electron chi connectivity index (χ3n) is 3.15. The minimum Gasteiger partial charge on any atom is -0.497 e. The van der Waals surface area contributed by atoms with Crippen molar-refractivity contribution in [2.45, 2.75) is 33.1 Å². The number of ether oxygens (including phenoxy) is 1. The summed E-state index contributed by atoms with van der Waals surface area (Å²) in [4.78, 5) is 2.52. The summed E-state index contributed by atoms with van der Waals surface area (Å²) in [5.41, 5.74) is 1.39. The summed E-state index contributed by atoms with van der Waals surface area (Å²) in [6.45, 7) is 8.02. The molecule has 0 atom stereocenters. The molecule has 2 nitrogen and oxygen atoms in total. The normalized spacial score (nSPS) is 10.8. The first-order valence-electron chi connectivity index (χ1n) is 6.65. The van der Waals surface area contributed by atoms with Crippen LogP contribution in [0.1, 0.15) is 32.3 Å². The van der Waals surface area contributed by atoms with E-state index in [2.05, 4.69) is 30.9 Å². The van der Waals surface area contributed by atoms with E-state index in [0.29, 0.717) is 0 Å². The Morgan fingerprint density at radius 3 is 2.29 bits per heavy atom. The number of likely N-dealkylation sites (N-methyl/N-ethyl adjacent to an activating group) is 1. The van der Waals surface area contributed by atoms with Gasteiger partial charge in [0.2, 0.25) is 0 Å². The lowest BCUT2D eigenvalue weighted by atomic mass is 10.1. The van der Waals surface area contributed by atoms with E-state index in [1.54, 1.807) is 7.11 Å². The van der Waals surface area contributed by atoms with E-state index >= 15 is 0 Å². The van der Waals surface area contributed by atoms with Crippen molar-refractivity contribution < 1.29 is 4.74 Å². The number of nitrogens with zero attached hydrogens (tertiary/aromatic N) is 1. The van der Waals surface area contributed by atoms with Crippen LogP contribution in [-0.2, 0) is 6.42 Å². The Morgan fingerprint density at radius 1 is 1.06 bits per heavy atom. The molecule has 0 amide bonds. The second-order valence-corrected chi connectivity index (χ2v) is 4.39. The topological polar surface area (TPSA) is 12.5 Å². The van der Waals surface area contributed by atoms with Crippen LogP contribution in [0.2, 0.25) is 0 Å². The van der Waals surface area contributed by atoms with Gasteiger partial charge in [-0.1, -0.05) is 32.4 Å². The zero-order chi connectivity index (χ0) is 12.5. The van der Waals surface area contributed by atoms with E-state index in [1.807, 2.05) is 12.1 Å². The van der Waals surface area contributed by atoms with Gasteiger partial charge in [0, 0.05) is 6.54 Å². The zero-order valence-electron chi connectivity index (χ0n) is 11.4. The molecule has 0 fully saturated rings. The monoisotopic (exact) mass is 235 g/mol. The number of methoxy groups -OCH3 is 1. The molecule has 0 unspecified atom stereocenters. The van der Waals surface area contributed by atoms with Crippen LogP contribution < -0.4 is 4.74 Å². The molecular weight excluding hydrogens is 210 g/mol. The van der Waals surface area contributed by atoms with Crippen molar-refractivity contribution in [2.75, 3.05) is 26.7 Å².